The Kier molecular flexibility index (Phi) is 9.47. The summed E-state index contributed by atoms with van der Waals surface area (Å²) in [5.74, 6) is -4.52. The first kappa shape index (κ1) is 36.9. The van der Waals surface area contributed by atoms with Crippen molar-refractivity contribution in [3.05, 3.63) is 137 Å². The van der Waals surface area contributed by atoms with Gasteiger partial charge >= 0.3 is 0 Å². The number of anilines is 1. The van der Waals surface area contributed by atoms with Crippen LogP contribution in [0.5, 0.6) is 11.5 Å². The Morgan fingerprint density at radius 1 is 0.807 bits per heavy atom. The van der Waals surface area contributed by atoms with Crippen molar-refractivity contribution in [1.29, 1.82) is 0 Å². The van der Waals surface area contributed by atoms with Gasteiger partial charge in [0, 0.05) is 37.2 Å². The number of benzene rings is 4. The molecule has 10 nitrogen and oxygen atoms in total. The van der Waals surface area contributed by atoms with Gasteiger partial charge in [-0.05, 0) is 74.8 Å². The Morgan fingerprint density at radius 3 is 2.21 bits per heavy atom. The quantitative estimate of drug-likeness (QED) is 0.142. The summed E-state index contributed by atoms with van der Waals surface area (Å²) in [6, 6.07) is 32.3. The van der Waals surface area contributed by atoms with Crippen LogP contribution >= 0.6 is 0 Å². The second-order valence-corrected chi connectivity index (χ2v) is 16.3. The van der Waals surface area contributed by atoms with E-state index in [1.165, 1.54) is 5.56 Å². The molecule has 3 saturated heterocycles. The average molecular weight is 765 g/mol. The molecule has 10 heteroatoms. The molecule has 4 aromatic rings. The van der Waals surface area contributed by atoms with Crippen molar-refractivity contribution < 1.29 is 29.0 Å². The topological polar surface area (TPSA) is 119 Å². The van der Waals surface area contributed by atoms with E-state index in [-0.39, 0.29) is 35.8 Å². The van der Waals surface area contributed by atoms with E-state index in [1.807, 2.05) is 92.7 Å². The van der Waals surface area contributed by atoms with E-state index in [2.05, 4.69) is 22.5 Å². The number of hydrazine groups is 1. The number of phenolic OH excluding ortho intramolecular Hbond substituents is 1. The highest BCUT2D eigenvalue weighted by Crippen LogP contribution is 2.65. The van der Waals surface area contributed by atoms with Gasteiger partial charge in [-0.1, -0.05) is 102 Å². The molecule has 4 fully saturated rings. The Hall–Kier alpha value is -5.74. The van der Waals surface area contributed by atoms with Crippen molar-refractivity contribution in [2.75, 3.05) is 25.1 Å². The van der Waals surface area contributed by atoms with Crippen molar-refractivity contribution in [3.8, 4) is 11.5 Å². The van der Waals surface area contributed by atoms with Gasteiger partial charge in [-0.3, -0.25) is 34.4 Å². The van der Waals surface area contributed by atoms with Crippen LogP contribution in [0.4, 0.5) is 5.69 Å². The molecular weight excluding hydrogens is 717 g/mol. The predicted molar refractivity (Wildman–Crippen MR) is 215 cm³/mol. The van der Waals surface area contributed by atoms with Crippen LogP contribution in [0.25, 0.3) is 0 Å². The minimum atomic E-state index is -1.48. The largest absolute Gasteiger partial charge is 0.504 e. The van der Waals surface area contributed by atoms with E-state index in [9.17, 15) is 19.5 Å². The first-order valence-electron chi connectivity index (χ1n) is 20.3. The lowest BCUT2D eigenvalue weighted by atomic mass is 9.49. The van der Waals surface area contributed by atoms with Gasteiger partial charge in [0.05, 0.1) is 35.5 Å². The van der Waals surface area contributed by atoms with Gasteiger partial charge in [0.2, 0.25) is 11.8 Å². The van der Waals surface area contributed by atoms with Crippen LogP contribution in [0.2, 0.25) is 0 Å². The van der Waals surface area contributed by atoms with Crippen molar-refractivity contribution in [3.63, 3.8) is 0 Å². The molecule has 6 atom stereocenters. The van der Waals surface area contributed by atoms with E-state index < -0.39 is 46.8 Å². The maximum absolute atomic E-state index is 15.4. The highest BCUT2D eigenvalue weighted by atomic mass is 16.5. The normalized spacial score (nSPS) is 27.5. The van der Waals surface area contributed by atoms with Crippen LogP contribution in [-0.4, -0.2) is 69.3 Å². The number of imide groups is 2. The third-order valence-electron chi connectivity index (χ3n) is 13.2. The molecule has 5 aliphatic rings. The van der Waals surface area contributed by atoms with E-state index in [0.717, 1.165) is 35.8 Å². The number of fused-ring (bicyclic) bond motifs is 4. The Bertz CT molecular complexity index is 2230. The first-order valence-corrected chi connectivity index (χ1v) is 20.3. The van der Waals surface area contributed by atoms with Gasteiger partial charge in [0.25, 0.3) is 11.8 Å². The van der Waals surface area contributed by atoms with Gasteiger partial charge < -0.3 is 9.84 Å². The number of hydrogen-bond acceptors (Lipinski definition) is 8. The Balaban J connectivity index is 1.12. The third-order valence-corrected chi connectivity index (χ3v) is 13.2. The van der Waals surface area contributed by atoms with Crippen LogP contribution in [0.3, 0.4) is 0 Å². The molecule has 2 aliphatic carbocycles. The summed E-state index contributed by atoms with van der Waals surface area (Å²) in [6.07, 6.45) is 3.96. The van der Waals surface area contributed by atoms with Crippen LogP contribution in [0.1, 0.15) is 60.8 Å². The number of nitrogens with one attached hydrogen (secondary N) is 1. The zero-order chi connectivity index (χ0) is 39.4. The van der Waals surface area contributed by atoms with E-state index in [4.69, 9.17) is 4.74 Å². The SMILES string of the molecule is CCOc1cccc(C2C3=CCC4C(=O)N(C5CCN(Cc6ccccc6)CC5)C(=O)C4C3CC3C(=O)N(Nc4ccc(C)cc4)C(=O)C32c2ccccc2)c1O. The van der Waals surface area contributed by atoms with Gasteiger partial charge in [-0.25, -0.2) is 0 Å². The summed E-state index contributed by atoms with van der Waals surface area (Å²) in [6.45, 7) is 6.49. The molecule has 0 radical (unpaired) electrons. The summed E-state index contributed by atoms with van der Waals surface area (Å²) in [5.41, 5.74) is 6.41. The molecule has 57 heavy (non-hydrogen) atoms. The van der Waals surface area contributed by atoms with Crippen LogP contribution in [0, 0.1) is 30.6 Å². The Labute approximate surface area is 333 Å². The lowest BCUT2D eigenvalue weighted by Gasteiger charge is -2.50. The number of para-hydroxylation sites is 1. The summed E-state index contributed by atoms with van der Waals surface area (Å²) in [5, 5.41) is 13.2. The fraction of sp³-hybridized carbons (Fsp3) is 0.362. The number of rotatable bonds is 9. The maximum Gasteiger partial charge on any atom is 0.260 e. The van der Waals surface area contributed by atoms with E-state index in [0.29, 0.717) is 42.7 Å². The van der Waals surface area contributed by atoms with Crippen LogP contribution in [0.15, 0.2) is 115 Å². The molecule has 1 saturated carbocycles. The summed E-state index contributed by atoms with van der Waals surface area (Å²) in [4.78, 5) is 63.6. The fourth-order valence-electron chi connectivity index (χ4n) is 10.7. The van der Waals surface area contributed by atoms with Crippen LogP contribution < -0.4 is 10.2 Å². The van der Waals surface area contributed by atoms with E-state index in [1.54, 1.807) is 23.1 Å². The fourth-order valence-corrected chi connectivity index (χ4v) is 10.7. The molecule has 6 unspecified atom stereocenters. The maximum atomic E-state index is 15.4. The van der Waals surface area contributed by atoms with Crippen molar-refractivity contribution in [2.24, 2.45) is 23.7 Å². The summed E-state index contributed by atoms with van der Waals surface area (Å²) in [7, 11) is 0. The van der Waals surface area contributed by atoms with Gasteiger partial charge in [0.15, 0.2) is 11.5 Å². The lowest BCUT2D eigenvalue weighted by molar-refractivity contribution is -0.144. The molecule has 2 N–H and O–H groups in total. The van der Waals surface area contributed by atoms with Gasteiger partial charge in [0.1, 0.15) is 0 Å². The molecule has 4 aromatic carbocycles. The number of phenols is 1. The van der Waals surface area contributed by atoms with Gasteiger partial charge in [-0.15, -0.1) is 0 Å². The number of aryl methyl sites for hydroxylation is 1. The number of carbonyl (C=O) groups excluding carboxylic acids is 4. The number of nitrogens with zero attached hydrogens (tertiary/aromatic N) is 3. The zero-order valence-corrected chi connectivity index (χ0v) is 32.3. The van der Waals surface area contributed by atoms with Crippen molar-refractivity contribution in [2.45, 2.75) is 63.5 Å². The number of piperidine rings is 1. The number of ether oxygens (including phenoxy) is 1. The standard InChI is InChI=1S/C47H48N4O6/c1-3-57-39-16-10-15-36(42(39)52)41-34-21-22-35-40(45(55)50(43(35)53)33-23-25-49(26-24-33)28-30-11-6-4-7-12-30)37(34)27-38-44(54)51(48-32-19-17-29(2)18-20-32)46(56)47(38,41)31-13-8-5-9-14-31/h4-21,33,35,37-38,40-41,48,52H,3,22-28H2,1-2H3. The number of carbonyl (C=O) groups is 4. The minimum Gasteiger partial charge on any atom is -0.504 e. The number of aromatic hydroxyl groups is 1. The molecule has 9 rings (SSSR count). The summed E-state index contributed by atoms with van der Waals surface area (Å²) >= 11 is 0. The molecule has 3 heterocycles. The molecule has 292 valence electrons. The number of likely N-dealkylation sites (tertiary alicyclic amines) is 2. The highest BCUT2D eigenvalue weighted by Gasteiger charge is 2.71. The van der Waals surface area contributed by atoms with Crippen molar-refractivity contribution in [1.82, 2.24) is 14.8 Å². The average Bonchev–Trinajstić information content (AvgIpc) is 3.61. The minimum absolute atomic E-state index is 0.106. The Morgan fingerprint density at radius 2 is 1.51 bits per heavy atom. The molecule has 0 aromatic heterocycles. The number of hydrogen-bond donors (Lipinski definition) is 2. The van der Waals surface area contributed by atoms with Crippen molar-refractivity contribution >= 4 is 29.3 Å². The van der Waals surface area contributed by atoms with Crippen LogP contribution in [-0.2, 0) is 31.1 Å². The summed E-state index contributed by atoms with van der Waals surface area (Å²) < 4.78 is 5.88. The first-order chi connectivity index (χ1) is 27.7. The number of amides is 4. The second-order valence-electron chi connectivity index (χ2n) is 16.3. The molecule has 0 spiro atoms. The zero-order valence-electron chi connectivity index (χ0n) is 32.3. The number of allylic oxidation sites excluding steroid dienone is 2. The van der Waals surface area contributed by atoms with Gasteiger partial charge in [-0.2, -0.15) is 5.01 Å². The molecule has 4 amide bonds. The molecule has 0 bridgehead atoms. The van der Waals surface area contributed by atoms with E-state index >= 15 is 4.79 Å². The molecular formula is C47H48N4O6. The second kappa shape index (κ2) is 14.6. The lowest BCUT2D eigenvalue weighted by Crippen LogP contribution is -2.53. The smallest absolute Gasteiger partial charge is 0.260 e. The third kappa shape index (κ3) is 5.95. The molecule has 3 aliphatic heterocycles. The predicted octanol–water partition coefficient (Wildman–Crippen LogP) is 6.75. The monoisotopic (exact) mass is 764 g/mol. The highest BCUT2D eigenvalue weighted by molar-refractivity contribution is 6.13.